The molecule has 1 unspecified atom stereocenters. The molecule has 184 valence electrons. The second-order valence-electron chi connectivity index (χ2n) is 8.00. The summed E-state index contributed by atoms with van der Waals surface area (Å²) in [5, 5.41) is 7.73. The van der Waals surface area contributed by atoms with E-state index in [4.69, 9.17) is 9.47 Å². The van der Waals surface area contributed by atoms with Crippen LogP contribution in [-0.4, -0.2) is 43.9 Å². The van der Waals surface area contributed by atoms with Gasteiger partial charge in [-0.05, 0) is 73.0 Å². The minimum absolute atomic E-state index is 0.0605. The molecule has 2 aromatic carbocycles. The van der Waals surface area contributed by atoms with E-state index in [1.165, 1.54) is 18.7 Å². The normalized spacial score (nSPS) is 11.7. The fourth-order valence-electron chi connectivity index (χ4n) is 3.64. The van der Waals surface area contributed by atoms with E-state index in [2.05, 4.69) is 10.4 Å². The minimum atomic E-state index is -1.15. The number of ketones is 2. The predicted octanol–water partition coefficient (Wildman–Crippen LogP) is 2.37. The van der Waals surface area contributed by atoms with Crippen LogP contribution in [0.4, 0.5) is 0 Å². The highest BCUT2D eigenvalue weighted by atomic mass is 16.5. The molecule has 0 radical (unpaired) electrons. The molecule has 3 rings (SSSR count). The van der Waals surface area contributed by atoms with Crippen LogP contribution in [0.3, 0.4) is 0 Å². The molecule has 0 aliphatic rings. The highest BCUT2D eigenvalue weighted by Crippen LogP contribution is 2.25. The number of carbonyl (C=O) groups is 3. The van der Waals surface area contributed by atoms with Crippen LogP contribution in [0, 0.1) is 12.8 Å². The van der Waals surface area contributed by atoms with E-state index in [1.54, 1.807) is 38.1 Å². The van der Waals surface area contributed by atoms with Gasteiger partial charge >= 0.3 is 11.7 Å². The van der Waals surface area contributed by atoms with E-state index in [9.17, 15) is 19.2 Å². The third kappa shape index (κ3) is 5.37. The number of esters is 1. The maximum atomic E-state index is 12.7. The Kier molecular flexibility index (Phi) is 7.95. The standard InChI is InChI=1S/C25H28N4O6/c1-6-17-9-8-10-20(29-25(33)28(5)26-27-29)19(17)14-35-21-12-11-18(13-15(21)3)22(30)16(4)23(31)24(32)34-7-2/h8-13,16H,6-7,14H2,1-5H3. The molecule has 1 atom stereocenters. The Morgan fingerprint density at radius 3 is 2.43 bits per heavy atom. The van der Waals surface area contributed by atoms with Gasteiger partial charge in [0.25, 0.3) is 5.78 Å². The molecule has 0 amide bonds. The molecule has 35 heavy (non-hydrogen) atoms. The first-order valence-electron chi connectivity index (χ1n) is 11.3. The monoisotopic (exact) mass is 480 g/mol. The molecular formula is C25H28N4O6. The topological polar surface area (TPSA) is 122 Å². The summed E-state index contributed by atoms with van der Waals surface area (Å²) < 4.78 is 13.1. The Labute approximate surface area is 202 Å². The van der Waals surface area contributed by atoms with Gasteiger partial charge in [0.2, 0.25) is 0 Å². The van der Waals surface area contributed by atoms with E-state index >= 15 is 0 Å². The average molecular weight is 481 g/mol. The summed E-state index contributed by atoms with van der Waals surface area (Å²) in [4.78, 5) is 49.0. The maximum Gasteiger partial charge on any atom is 0.375 e. The first kappa shape index (κ1) is 25.5. The summed E-state index contributed by atoms with van der Waals surface area (Å²) in [5.74, 6) is -2.98. The second kappa shape index (κ2) is 10.9. The van der Waals surface area contributed by atoms with Crippen molar-refractivity contribution in [3.05, 3.63) is 69.1 Å². The second-order valence-corrected chi connectivity index (χ2v) is 8.00. The number of benzene rings is 2. The zero-order valence-electron chi connectivity index (χ0n) is 20.4. The highest BCUT2D eigenvalue weighted by molar-refractivity contribution is 6.39. The van der Waals surface area contributed by atoms with Gasteiger partial charge in [-0.3, -0.25) is 9.59 Å². The van der Waals surface area contributed by atoms with Crippen molar-refractivity contribution in [2.45, 2.75) is 40.7 Å². The number of aryl methyl sites for hydroxylation is 3. The zero-order valence-corrected chi connectivity index (χ0v) is 20.4. The molecule has 0 N–H and O–H groups in total. The smallest absolute Gasteiger partial charge is 0.375 e. The van der Waals surface area contributed by atoms with Crippen LogP contribution in [-0.2, 0) is 34.4 Å². The Bertz CT molecular complexity index is 1320. The molecule has 10 heteroatoms. The summed E-state index contributed by atoms with van der Waals surface area (Å²) >= 11 is 0. The molecule has 0 fully saturated rings. The molecule has 1 aromatic heterocycles. The number of Topliss-reactive ketones (excluding diaryl/α,β-unsaturated/α-hetero) is 2. The number of nitrogens with zero attached hydrogens (tertiary/aromatic N) is 4. The summed E-state index contributed by atoms with van der Waals surface area (Å²) in [6.45, 7) is 6.99. The van der Waals surface area contributed by atoms with Crippen LogP contribution < -0.4 is 10.4 Å². The lowest BCUT2D eigenvalue weighted by Crippen LogP contribution is -2.29. The molecule has 0 spiro atoms. The van der Waals surface area contributed by atoms with E-state index < -0.39 is 23.5 Å². The van der Waals surface area contributed by atoms with Crippen LogP contribution in [0.2, 0.25) is 0 Å². The van der Waals surface area contributed by atoms with Crippen LogP contribution >= 0.6 is 0 Å². The van der Waals surface area contributed by atoms with E-state index in [0.29, 0.717) is 22.6 Å². The Hall–Kier alpha value is -4.08. The van der Waals surface area contributed by atoms with Crippen molar-refractivity contribution in [3.63, 3.8) is 0 Å². The first-order chi connectivity index (χ1) is 16.7. The Morgan fingerprint density at radius 1 is 1.09 bits per heavy atom. The van der Waals surface area contributed by atoms with Crippen molar-refractivity contribution in [2.75, 3.05) is 6.61 Å². The van der Waals surface area contributed by atoms with Crippen LogP contribution in [0.5, 0.6) is 5.75 Å². The van der Waals surface area contributed by atoms with Crippen molar-refractivity contribution >= 4 is 17.5 Å². The predicted molar refractivity (Wildman–Crippen MR) is 127 cm³/mol. The highest BCUT2D eigenvalue weighted by Gasteiger charge is 2.29. The minimum Gasteiger partial charge on any atom is -0.489 e. The van der Waals surface area contributed by atoms with Gasteiger partial charge in [-0.2, -0.15) is 9.36 Å². The van der Waals surface area contributed by atoms with Gasteiger partial charge in [-0.25, -0.2) is 9.59 Å². The van der Waals surface area contributed by atoms with Gasteiger partial charge < -0.3 is 9.47 Å². The molecule has 0 saturated carbocycles. The quantitative estimate of drug-likeness (QED) is 0.188. The van der Waals surface area contributed by atoms with Gasteiger partial charge in [0, 0.05) is 18.2 Å². The van der Waals surface area contributed by atoms with Crippen LogP contribution in [0.15, 0.2) is 41.2 Å². The van der Waals surface area contributed by atoms with Crippen molar-refractivity contribution < 1.29 is 23.9 Å². The summed E-state index contributed by atoms with van der Waals surface area (Å²) in [6, 6.07) is 10.4. The number of ether oxygens (including phenoxy) is 2. The van der Waals surface area contributed by atoms with Crippen molar-refractivity contribution in [3.8, 4) is 11.4 Å². The molecular weight excluding hydrogens is 452 g/mol. The van der Waals surface area contributed by atoms with Crippen LogP contribution in [0.1, 0.15) is 47.8 Å². The molecule has 0 saturated heterocycles. The van der Waals surface area contributed by atoms with E-state index in [1.807, 2.05) is 19.1 Å². The number of aromatic nitrogens is 4. The number of hydrogen-bond acceptors (Lipinski definition) is 8. The number of hydrogen-bond donors (Lipinski definition) is 0. The first-order valence-corrected chi connectivity index (χ1v) is 11.3. The SMILES string of the molecule is CCOC(=O)C(=O)C(C)C(=O)c1ccc(OCc2c(CC)cccc2-n2nnn(C)c2=O)c(C)c1. The van der Waals surface area contributed by atoms with Crippen molar-refractivity contribution in [1.82, 2.24) is 19.8 Å². The average Bonchev–Trinajstić information content (AvgIpc) is 3.19. The number of carbonyl (C=O) groups excluding carboxylic acids is 3. The molecule has 0 aliphatic heterocycles. The molecule has 10 nitrogen and oxygen atoms in total. The maximum absolute atomic E-state index is 12.7. The Morgan fingerprint density at radius 2 is 1.83 bits per heavy atom. The third-order valence-electron chi connectivity index (χ3n) is 5.67. The summed E-state index contributed by atoms with van der Waals surface area (Å²) in [6.07, 6.45) is 0.723. The Balaban J connectivity index is 1.83. The fourth-order valence-corrected chi connectivity index (χ4v) is 3.64. The van der Waals surface area contributed by atoms with Gasteiger partial charge in [0.05, 0.1) is 18.2 Å². The van der Waals surface area contributed by atoms with Gasteiger partial charge in [-0.15, -0.1) is 0 Å². The largest absolute Gasteiger partial charge is 0.489 e. The summed E-state index contributed by atoms with van der Waals surface area (Å²) in [7, 11) is 1.53. The molecule has 0 bridgehead atoms. The van der Waals surface area contributed by atoms with Crippen molar-refractivity contribution in [2.24, 2.45) is 13.0 Å². The third-order valence-corrected chi connectivity index (χ3v) is 5.67. The lowest BCUT2D eigenvalue weighted by Gasteiger charge is -2.16. The lowest BCUT2D eigenvalue weighted by atomic mass is 9.94. The zero-order chi connectivity index (χ0) is 25.7. The molecule has 0 aliphatic carbocycles. The molecule has 1 heterocycles. The van der Waals surface area contributed by atoms with E-state index in [-0.39, 0.29) is 18.9 Å². The van der Waals surface area contributed by atoms with E-state index in [0.717, 1.165) is 22.2 Å². The summed E-state index contributed by atoms with van der Waals surface area (Å²) in [5.41, 5.74) is 2.98. The van der Waals surface area contributed by atoms with Crippen LogP contribution in [0.25, 0.3) is 5.69 Å². The van der Waals surface area contributed by atoms with Gasteiger partial charge in [0.1, 0.15) is 12.4 Å². The molecule has 3 aromatic rings. The van der Waals surface area contributed by atoms with Gasteiger partial charge in [0.15, 0.2) is 5.78 Å². The lowest BCUT2D eigenvalue weighted by molar-refractivity contribution is -0.154. The van der Waals surface area contributed by atoms with Gasteiger partial charge in [-0.1, -0.05) is 19.1 Å². The van der Waals surface area contributed by atoms with Crippen molar-refractivity contribution in [1.29, 1.82) is 0 Å². The number of rotatable bonds is 10. The number of tetrazole rings is 1. The fraction of sp³-hybridized carbons (Fsp3) is 0.360.